The first-order chi connectivity index (χ1) is 12.7. The Morgan fingerprint density at radius 2 is 2.04 bits per heavy atom. The van der Waals surface area contributed by atoms with Crippen molar-refractivity contribution >= 4 is 35.0 Å². The van der Waals surface area contributed by atoms with Crippen molar-refractivity contribution in [2.75, 3.05) is 24.7 Å². The largest absolute Gasteiger partial charge is 0.433 e. The Morgan fingerprint density at radius 1 is 1.33 bits per heavy atom. The van der Waals surface area contributed by atoms with Gasteiger partial charge >= 0.3 is 6.03 Å². The van der Waals surface area contributed by atoms with Crippen LogP contribution in [0.5, 0.6) is 0 Å². The molecule has 1 spiro atoms. The van der Waals surface area contributed by atoms with E-state index in [1.807, 2.05) is 24.8 Å². The Balaban J connectivity index is 1.81. The molecule has 140 valence electrons. The molecule has 3 aliphatic rings. The second kappa shape index (κ2) is 5.86. The van der Waals surface area contributed by atoms with Crippen LogP contribution in [0.2, 0.25) is 5.02 Å². The van der Waals surface area contributed by atoms with E-state index in [1.165, 1.54) is 11.0 Å². The molecule has 0 aliphatic carbocycles. The Labute approximate surface area is 162 Å². The van der Waals surface area contributed by atoms with Crippen LogP contribution in [0.1, 0.15) is 25.0 Å². The number of rotatable bonds is 3. The van der Waals surface area contributed by atoms with Crippen molar-refractivity contribution in [3.05, 3.63) is 28.3 Å². The van der Waals surface area contributed by atoms with Gasteiger partial charge in [-0.3, -0.25) is 9.59 Å². The number of imide groups is 1. The van der Waals surface area contributed by atoms with Gasteiger partial charge < -0.3 is 0 Å². The summed E-state index contributed by atoms with van der Waals surface area (Å²) < 4.78 is -0.132. The molecule has 2 bridgehead atoms. The highest BCUT2D eigenvalue weighted by atomic mass is 35.5. The maximum atomic E-state index is 13.5. The first kappa shape index (κ1) is 18.1. The zero-order chi connectivity index (χ0) is 19.7. The first-order valence-electron chi connectivity index (χ1n) is 8.95. The van der Waals surface area contributed by atoms with Crippen LogP contribution in [0.25, 0.3) is 0 Å². The van der Waals surface area contributed by atoms with Crippen molar-refractivity contribution in [1.82, 2.24) is 4.90 Å². The van der Waals surface area contributed by atoms with E-state index in [4.69, 9.17) is 16.9 Å². The summed E-state index contributed by atoms with van der Waals surface area (Å²) in [5.74, 6) is -0.487. The molecular formula is C19H20ClN4O3+. The minimum Gasteiger partial charge on any atom is -0.293 e. The van der Waals surface area contributed by atoms with Crippen LogP contribution in [0, 0.1) is 24.2 Å². The molecule has 3 heterocycles. The number of anilines is 1. The summed E-state index contributed by atoms with van der Waals surface area (Å²) in [6.45, 7) is 6.71. The fraction of sp³-hybridized carbons (Fsp3) is 0.474. The molecule has 3 amide bonds. The summed E-state index contributed by atoms with van der Waals surface area (Å²) in [7, 11) is 0. The summed E-state index contributed by atoms with van der Waals surface area (Å²) in [4.78, 5) is 42.7. The van der Waals surface area contributed by atoms with E-state index in [-0.39, 0.29) is 33.1 Å². The van der Waals surface area contributed by atoms with Crippen molar-refractivity contribution in [2.45, 2.75) is 32.9 Å². The number of quaternary nitrogens is 1. The fourth-order valence-electron chi connectivity index (χ4n) is 4.67. The summed E-state index contributed by atoms with van der Waals surface area (Å²) in [5.41, 5.74) is 1.20. The third-order valence-electron chi connectivity index (χ3n) is 6.08. The lowest BCUT2D eigenvalue weighted by atomic mass is 9.97. The number of nitrogens with zero attached hydrogens (tertiary/aromatic N) is 4. The average molecular weight is 388 g/mol. The molecule has 1 aromatic rings. The van der Waals surface area contributed by atoms with E-state index < -0.39 is 12.1 Å². The van der Waals surface area contributed by atoms with Gasteiger partial charge in [-0.2, -0.15) is 10.2 Å². The number of urea groups is 1. The third kappa shape index (κ3) is 2.18. The molecule has 3 aliphatic heterocycles. The van der Waals surface area contributed by atoms with Crippen LogP contribution < -0.4 is 4.90 Å². The Kier molecular flexibility index (Phi) is 3.93. The summed E-state index contributed by atoms with van der Waals surface area (Å²) in [6.07, 6.45) is 0. The zero-order valence-electron chi connectivity index (χ0n) is 15.4. The molecule has 4 unspecified atom stereocenters. The molecule has 0 aromatic heterocycles. The molecule has 7 nitrogen and oxygen atoms in total. The van der Waals surface area contributed by atoms with Gasteiger partial charge in [-0.05, 0) is 24.6 Å². The van der Waals surface area contributed by atoms with Gasteiger partial charge in [-0.1, -0.05) is 25.4 Å². The molecule has 3 fully saturated rings. The molecule has 0 radical (unpaired) electrons. The van der Waals surface area contributed by atoms with Crippen molar-refractivity contribution in [2.24, 2.45) is 5.92 Å². The van der Waals surface area contributed by atoms with E-state index in [1.54, 1.807) is 13.0 Å². The summed E-state index contributed by atoms with van der Waals surface area (Å²) >= 11 is 6.25. The number of carbonyl (C=O) groups is 3. The molecule has 27 heavy (non-hydrogen) atoms. The summed E-state index contributed by atoms with van der Waals surface area (Å²) in [5, 5.41) is 9.38. The van der Waals surface area contributed by atoms with Crippen LogP contribution in [0.15, 0.2) is 12.1 Å². The number of carbonyl (C=O) groups excluding carboxylic acids is 3. The summed E-state index contributed by atoms with van der Waals surface area (Å²) in [6, 6.07) is 3.66. The Morgan fingerprint density at radius 3 is 2.67 bits per heavy atom. The smallest absolute Gasteiger partial charge is 0.293 e. The lowest BCUT2D eigenvalue weighted by molar-refractivity contribution is -0.853. The number of hydrogen-bond donors (Lipinski definition) is 0. The van der Waals surface area contributed by atoms with Crippen LogP contribution in [0.4, 0.5) is 10.5 Å². The quantitative estimate of drug-likeness (QED) is 0.585. The number of piperazine rings is 1. The highest BCUT2D eigenvalue weighted by molar-refractivity contribution is 6.33. The molecule has 4 rings (SSSR count). The number of ketones is 1. The van der Waals surface area contributed by atoms with E-state index in [0.717, 1.165) is 0 Å². The van der Waals surface area contributed by atoms with Gasteiger partial charge in [0, 0.05) is 5.92 Å². The van der Waals surface area contributed by atoms with Crippen molar-refractivity contribution in [1.29, 1.82) is 5.26 Å². The standard InChI is InChI=1S/C19H20ClN4O3/c1-10(2)17(25)14-7-22-8-15-18(26)23(19(27)24(14,15)9-22)13-5-4-12(6-21)16(20)11(13)3/h4-5,10,14-15H,7-9H2,1-3H3/q+1. The van der Waals surface area contributed by atoms with E-state index >= 15 is 0 Å². The minimum atomic E-state index is -0.562. The Bertz CT molecular complexity index is 938. The number of halogens is 1. The zero-order valence-corrected chi connectivity index (χ0v) is 16.2. The monoisotopic (exact) mass is 387 g/mol. The minimum absolute atomic E-state index is 0.0137. The topological polar surface area (TPSA) is 81.5 Å². The number of fused-ring (bicyclic) bond motifs is 1. The lowest BCUT2D eigenvalue weighted by Gasteiger charge is -2.33. The van der Waals surface area contributed by atoms with Gasteiger partial charge in [0.1, 0.15) is 12.7 Å². The van der Waals surface area contributed by atoms with Crippen LogP contribution >= 0.6 is 11.6 Å². The highest BCUT2D eigenvalue weighted by Gasteiger charge is 2.73. The van der Waals surface area contributed by atoms with Gasteiger partial charge in [-0.15, -0.1) is 0 Å². The third-order valence-corrected chi connectivity index (χ3v) is 6.57. The van der Waals surface area contributed by atoms with E-state index in [9.17, 15) is 14.4 Å². The van der Waals surface area contributed by atoms with Crippen molar-refractivity contribution < 1.29 is 18.9 Å². The second-order valence-corrected chi connectivity index (χ2v) is 8.21. The highest BCUT2D eigenvalue weighted by Crippen LogP contribution is 2.45. The van der Waals surface area contributed by atoms with Gasteiger partial charge in [0.2, 0.25) is 0 Å². The molecule has 8 heteroatoms. The molecule has 4 atom stereocenters. The molecule has 0 saturated carbocycles. The lowest BCUT2D eigenvalue weighted by Crippen LogP contribution is -2.63. The van der Waals surface area contributed by atoms with Crippen LogP contribution in [0.3, 0.4) is 0 Å². The van der Waals surface area contributed by atoms with Crippen LogP contribution in [-0.4, -0.2) is 58.9 Å². The SMILES string of the molecule is Cc1c(N2C(=O)C3CN4CC(C(=O)C(C)C)[N+]3(C4)C2=O)ccc(C#N)c1Cl. The second-order valence-electron chi connectivity index (χ2n) is 7.84. The van der Waals surface area contributed by atoms with E-state index in [0.29, 0.717) is 36.6 Å². The maximum Gasteiger partial charge on any atom is 0.433 e. The van der Waals surface area contributed by atoms with Crippen LogP contribution in [-0.2, 0) is 9.59 Å². The van der Waals surface area contributed by atoms with Gasteiger partial charge in [0.05, 0.1) is 29.4 Å². The first-order valence-corrected chi connectivity index (χ1v) is 9.33. The number of benzene rings is 1. The fourth-order valence-corrected chi connectivity index (χ4v) is 4.88. The van der Waals surface area contributed by atoms with Gasteiger partial charge in [-0.25, -0.2) is 14.2 Å². The van der Waals surface area contributed by atoms with Gasteiger partial charge in [0.25, 0.3) is 5.91 Å². The van der Waals surface area contributed by atoms with Crippen molar-refractivity contribution in [3.63, 3.8) is 0 Å². The molecule has 0 N–H and O–H groups in total. The number of amides is 3. The number of Topliss-reactive ketones (excluding diaryl/α,β-unsaturated/α-hetero) is 1. The van der Waals surface area contributed by atoms with Gasteiger partial charge in [0.15, 0.2) is 17.9 Å². The van der Waals surface area contributed by atoms with E-state index in [2.05, 4.69) is 0 Å². The van der Waals surface area contributed by atoms with Crippen molar-refractivity contribution in [3.8, 4) is 6.07 Å². The molecule has 1 aromatic carbocycles. The normalized spacial score (nSPS) is 31.6. The Hall–Kier alpha value is -2.27. The molecular weight excluding hydrogens is 368 g/mol. The number of nitriles is 1. The predicted octanol–water partition coefficient (Wildman–Crippen LogP) is 2.05. The average Bonchev–Trinajstić information content (AvgIpc) is 3.26. The maximum absolute atomic E-state index is 13.5. The molecule has 3 saturated heterocycles. The predicted molar refractivity (Wildman–Crippen MR) is 97.9 cm³/mol. The number of hydrogen-bond acceptors (Lipinski definition) is 5.